The molecular formula is C22H24N2O4. The standard InChI is InChI=1S/C22H24N2O4/c1-4-12-28-20-11-6-16(14-21(20)26-3)13-17(15-23)22(25)24-18-7-9-19(10-8-18)27-5-2/h6-11,13-14H,4-5,12H2,1-3H3,(H,24,25)/b17-13-. The molecule has 0 saturated carbocycles. The van der Waals surface area contributed by atoms with Crippen LogP contribution in [0.3, 0.4) is 0 Å². The highest BCUT2D eigenvalue weighted by molar-refractivity contribution is 6.09. The molecule has 0 saturated heterocycles. The van der Waals surface area contributed by atoms with E-state index in [1.807, 2.05) is 19.9 Å². The fourth-order valence-electron chi connectivity index (χ4n) is 2.42. The van der Waals surface area contributed by atoms with Crippen LogP contribution in [-0.4, -0.2) is 26.2 Å². The van der Waals surface area contributed by atoms with Crippen LogP contribution in [0.2, 0.25) is 0 Å². The van der Waals surface area contributed by atoms with Gasteiger partial charge in [0.15, 0.2) is 11.5 Å². The lowest BCUT2D eigenvalue weighted by atomic mass is 10.1. The minimum Gasteiger partial charge on any atom is -0.494 e. The van der Waals surface area contributed by atoms with Crippen molar-refractivity contribution in [3.8, 4) is 23.3 Å². The minimum atomic E-state index is -0.489. The molecule has 2 rings (SSSR count). The Hall–Kier alpha value is -3.46. The van der Waals surface area contributed by atoms with Crippen molar-refractivity contribution in [1.29, 1.82) is 5.26 Å². The lowest BCUT2D eigenvalue weighted by molar-refractivity contribution is -0.112. The highest BCUT2D eigenvalue weighted by atomic mass is 16.5. The van der Waals surface area contributed by atoms with Gasteiger partial charge in [-0.1, -0.05) is 13.0 Å². The Bertz CT molecular complexity index is 867. The number of nitrogens with zero attached hydrogens (tertiary/aromatic N) is 1. The number of anilines is 1. The Labute approximate surface area is 165 Å². The molecule has 0 fully saturated rings. The summed E-state index contributed by atoms with van der Waals surface area (Å²) in [5, 5.41) is 12.1. The van der Waals surface area contributed by atoms with Gasteiger partial charge in [0.25, 0.3) is 5.91 Å². The van der Waals surface area contributed by atoms with E-state index >= 15 is 0 Å². The Kier molecular flexibility index (Phi) is 7.92. The van der Waals surface area contributed by atoms with E-state index in [4.69, 9.17) is 14.2 Å². The van der Waals surface area contributed by atoms with Gasteiger partial charge in [-0.15, -0.1) is 0 Å². The molecule has 0 spiro atoms. The van der Waals surface area contributed by atoms with Crippen molar-refractivity contribution in [3.63, 3.8) is 0 Å². The van der Waals surface area contributed by atoms with E-state index in [0.29, 0.717) is 41.7 Å². The smallest absolute Gasteiger partial charge is 0.266 e. The molecule has 1 amide bonds. The molecule has 0 aliphatic carbocycles. The number of nitrogens with one attached hydrogen (secondary N) is 1. The number of methoxy groups -OCH3 is 1. The summed E-state index contributed by atoms with van der Waals surface area (Å²) in [6.07, 6.45) is 2.39. The summed E-state index contributed by atoms with van der Waals surface area (Å²) in [5.41, 5.74) is 1.23. The van der Waals surface area contributed by atoms with Gasteiger partial charge >= 0.3 is 0 Å². The Morgan fingerprint density at radius 3 is 2.46 bits per heavy atom. The maximum Gasteiger partial charge on any atom is 0.266 e. The van der Waals surface area contributed by atoms with Gasteiger partial charge in [0, 0.05) is 5.69 Å². The Morgan fingerprint density at radius 1 is 1.11 bits per heavy atom. The molecule has 6 heteroatoms. The molecule has 0 aromatic heterocycles. The summed E-state index contributed by atoms with van der Waals surface area (Å²) in [4.78, 5) is 12.4. The molecule has 2 aromatic carbocycles. The van der Waals surface area contributed by atoms with E-state index in [1.165, 1.54) is 6.08 Å². The quantitative estimate of drug-likeness (QED) is 0.514. The zero-order valence-electron chi connectivity index (χ0n) is 16.3. The Balaban J connectivity index is 2.15. The van der Waals surface area contributed by atoms with Crippen LogP contribution in [-0.2, 0) is 4.79 Å². The maximum atomic E-state index is 12.4. The van der Waals surface area contributed by atoms with E-state index in [2.05, 4.69) is 5.32 Å². The second-order valence-electron chi connectivity index (χ2n) is 5.84. The van der Waals surface area contributed by atoms with Crippen molar-refractivity contribution in [2.24, 2.45) is 0 Å². The summed E-state index contributed by atoms with van der Waals surface area (Å²) in [6.45, 7) is 5.07. The molecule has 146 valence electrons. The second kappa shape index (κ2) is 10.6. The molecule has 6 nitrogen and oxygen atoms in total. The number of carbonyl (C=O) groups excluding carboxylic acids is 1. The van der Waals surface area contributed by atoms with Crippen LogP contribution in [0.5, 0.6) is 17.2 Å². The van der Waals surface area contributed by atoms with Gasteiger partial charge in [0.2, 0.25) is 0 Å². The highest BCUT2D eigenvalue weighted by Crippen LogP contribution is 2.29. The third-order valence-corrected chi connectivity index (χ3v) is 3.75. The van der Waals surface area contributed by atoms with Crippen LogP contribution in [0, 0.1) is 11.3 Å². The van der Waals surface area contributed by atoms with Crippen LogP contribution in [0.25, 0.3) is 6.08 Å². The molecule has 2 aromatic rings. The van der Waals surface area contributed by atoms with E-state index in [9.17, 15) is 10.1 Å². The fraction of sp³-hybridized carbons (Fsp3) is 0.273. The van der Waals surface area contributed by atoms with Gasteiger partial charge in [-0.25, -0.2) is 0 Å². The van der Waals surface area contributed by atoms with Crippen molar-refractivity contribution < 1.29 is 19.0 Å². The normalized spacial score (nSPS) is 10.7. The first-order chi connectivity index (χ1) is 13.6. The number of hydrogen-bond donors (Lipinski definition) is 1. The van der Waals surface area contributed by atoms with Crippen LogP contribution in [0.15, 0.2) is 48.0 Å². The molecule has 0 atom stereocenters. The summed E-state index contributed by atoms with van der Waals surface area (Å²) in [5.74, 6) is 1.40. The van der Waals surface area contributed by atoms with E-state index in [-0.39, 0.29) is 5.57 Å². The van der Waals surface area contributed by atoms with Crippen LogP contribution in [0.4, 0.5) is 5.69 Å². The van der Waals surface area contributed by atoms with Gasteiger partial charge in [-0.05, 0) is 61.4 Å². The molecule has 0 heterocycles. The molecule has 0 bridgehead atoms. The minimum absolute atomic E-state index is 0.0156. The summed E-state index contributed by atoms with van der Waals surface area (Å²) >= 11 is 0. The van der Waals surface area contributed by atoms with Crippen LogP contribution in [0.1, 0.15) is 25.8 Å². The molecule has 1 N–H and O–H groups in total. The van der Waals surface area contributed by atoms with Crippen molar-refractivity contribution >= 4 is 17.7 Å². The number of benzene rings is 2. The SMILES string of the molecule is CCCOc1ccc(/C=C(/C#N)C(=O)Nc2ccc(OCC)cc2)cc1OC. The molecule has 0 unspecified atom stereocenters. The van der Waals surface area contributed by atoms with Crippen molar-refractivity contribution in [3.05, 3.63) is 53.6 Å². The van der Waals surface area contributed by atoms with Crippen molar-refractivity contribution in [2.45, 2.75) is 20.3 Å². The molecular weight excluding hydrogens is 356 g/mol. The van der Waals surface area contributed by atoms with E-state index in [0.717, 1.165) is 6.42 Å². The Morgan fingerprint density at radius 2 is 1.86 bits per heavy atom. The second-order valence-corrected chi connectivity index (χ2v) is 5.84. The third kappa shape index (κ3) is 5.78. The summed E-state index contributed by atoms with van der Waals surface area (Å²) in [6, 6.07) is 14.2. The molecule has 28 heavy (non-hydrogen) atoms. The maximum absolute atomic E-state index is 12.4. The summed E-state index contributed by atoms with van der Waals surface area (Å²) in [7, 11) is 1.55. The largest absolute Gasteiger partial charge is 0.494 e. The molecule has 0 radical (unpaired) electrons. The first kappa shape index (κ1) is 20.8. The summed E-state index contributed by atoms with van der Waals surface area (Å²) < 4.78 is 16.3. The predicted octanol–water partition coefficient (Wildman–Crippen LogP) is 4.43. The zero-order chi connectivity index (χ0) is 20.4. The predicted molar refractivity (Wildman–Crippen MR) is 109 cm³/mol. The monoisotopic (exact) mass is 380 g/mol. The average molecular weight is 380 g/mol. The van der Waals surface area contributed by atoms with E-state index < -0.39 is 5.91 Å². The van der Waals surface area contributed by atoms with Crippen LogP contribution < -0.4 is 19.5 Å². The van der Waals surface area contributed by atoms with E-state index in [1.54, 1.807) is 49.6 Å². The lowest BCUT2D eigenvalue weighted by Gasteiger charge is -2.11. The van der Waals surface area contributed by atoms with Gasteiger partial charge in [-0.3, -0.25) is 4.79 Å². The number of ether oxygens (including phenoxy) is 3. The molecule has 0 aliphatic heterocycles. The zero-order valence-corrected chi connectivity index (χ0v) is 16.3. The fourth-order valence-corrected chi connectivity index (χ4v) is 2.42. The lowest BCUT2D eigenvalue weighted by Crippen LogP contribution is -2.13. The van der Waals surface area contributed by atoms with Gasteiger partial charge < -0.3 is 19.5 Å². The van der Waals surface area contributed by atoms with Gasteiger partial charge in [0.1, 0.15) is 17.4 Å². The highest BCUT2D eigenvalue weighted by Gasteiger charge is 2.11. The number of carbonyl (C=O) groups is 1. The third-order valence-electron chi connectivity index (χ3n) is 3.75. The number of nitriles is 1. The van der Waals surface area contributed by atoms with Crippen molar-refractivity contribution in [1.82, 2.24) is 0 Å². The number of amides is 1. The van der Waals surface area contributed by atoms with Gasteiger partial charge in [0.05, 0.1) is 20.3 Å². The van der Waals surface area contributed by atoms with Gasteiger partial charge in [-0.2, -0.15) is 5.26 Å². The van der Waals surface area contributed by atoms with Crippen LogP contribution >= 0.6 is 0 Å². The molecule has 0 aliphatic rings. The topological polar surface area (TPSA) is 80.6 Å². The van der Waals surface area contributed by atoms with Crippen molar-refractivity contribution in [2.75, 3.05) is 25.6 Å². The first-order valence-electron chi connectivity index (χ1n) is 9.08. The number of rotatable bonds is 9. The number of hydrogen-bond acceptors (Lipinski definition) is 5. The average Bonchev–Trinajstić information content (AvgIpc) is 2.72. The first-order valence-corrected chi connectivity index (χ1v) is 9.08.